The summed E-state index contributed by atoms with van der Waals surface area (Å²) in [4.78, 5) is 12.3. The lowest BCUT2D eigenvalue weighted by molar-refractivity contribution is 0.102. The number of rotatable bonds is 5. The van der Waals surface area contributed by atoms with Gasteiger partial charge in [-0.1, -0.05) is 18.2 Å². The van der Waals surface area contributed by atoms with Gasteiger partial charge in [0.2, 0.25) is 0 Å². The number of amides is 1. The zero-order chi connectivity index (χ0) is 17.1. The van der Waals surface area contributed by atoms with Crippen LogP contribution in [-0.4, -0.2) is 25.5 Å². The lowest BCUT2D eigenvalue weighted by atomic mass is 10.2. The molecule has 24 heavy (non-hydrogen) atoms. The average Bonchev–Trinajstić information content (AvgIpc) is 3.16. The van der Waals surface area contributed by atoms with E-state index in [2.05, 4.69) is 15.5 Å². The molecule has 2 heterocycles. The van der Waals surface area contributed by atoms with E-state index < -0.39 is 0 Å². The molecule has 0 aliphatic carbocycles. The number of carbonyl (C=O) groups is 1. The van der Waals surface area contributed by atoms with E-state index >= 15 is 0 Å². The smallest absolute Gasteiger partial charge is 0.259 e. The highest BCUT2D eigenvalue weighted by atomic mass is 19.1. The van der Waals surface area contributed by atoms with Gasteiger partial charge in [-0.25, -0.2) is 4.39 Å². The van der Waals surface area contributed by atoms with Gasteiger partial charge in [0.05, 0.1) is 30.2 Å². The van der Waals surface area contributed by atoms with Crippen molar-refractivity contribution in [2.45, 2.75) is 26.9 Å². The summed E-state index contributed by atoms with van der Waals surface area (Å²) >= 11 is 0. The monoisotopic (exact) mass is 327 g/mol. The van der Waals surface area contributed by atoms with Gasteiger partial charge in [0.15, 0.2) is 0 Å². The van der Waals surface area contributed by atoms with Crippen molar-refractivity contribution in [3.8, 4) is 0 Å². The van der Waals surface area contributed by atoms with Crippen LogP contribution >= 0.6 is 0 Å². The molecule has 0 fully saturated rings. The summed E-state index contributed by atoms with van der Waals surface area (Å²) in [5, 5.41) is 11.1. The van der Waals surface area contributed by atoms with Crippen molar-refractivity contribution in [1.82, 2.24) is 19.6 Å². The summed E-state index contributed by atoms with van der Waals surface area (Å²) in [6.07, 6.45) is 4.76. The minimum atomic E-state index is -0.277. The predicted octanol–water partition coefficient (Wildman–Crippen LogP) is 2.85. The summed E-state index contributed by atoms with van der Waals surface area (Å²) in [7, 11) is 0. The Morgan fingerprint density at radius 3 is 2.75 bits per heavy atom. The fraction of sp³-hybridized carbons (Fsp3) is 0.235. The molecule has 124 valence electrons. The molecule has 0 saturated heterocycles. The highest BCUT2D eigenvalue weighted by molar-refractivity contribution is 6.04. The topological polar surface area (TPSA) is 64.7 Å². The van der Waals surface area contributed by atoms with Crippen molar-refractivity contribution in [3.05, 3.63) is 65.5 Å². The Morgan fingerprint density at radius 1 is 1.25 bits per heavy atom. The molecule has 0 aliphatic rings. The van der Waals surface area contributed by atoms with Gasteiger partial charge in [0.1, 0.15) is 5.82 Å². The van der Waals surface area contributed by atoms with Crippen LogP contribution in [0.25, 0.3) is 0 Å². The second-order valence-electron chi connectivity index (χ2n) is 5.43. The predicted molar refractivity (Wildman–Crippen MR) is 88.3 cm³/mol. The lowest BCUT2D eigenvalue weighted by Crippen LogP contribution is -2.13. The summed E-state index contributed by atoms with van der Waals surface area (Å²) in [6, 6.07) is 6.54. The van der Waals surface area contributed by atoms with Gasteiger partial charge in [-0.2, -0.15) is 10.2 Å². The van der Waals surface area contributed by atoms with Crippen LogP contribution < -0.4 is 5.32 Å². The maximum absolute atomic E-state index is 13.7. The zero-order valence-corrected chi connectivity index (χ0v) is 13.5. The Labute approximate surface area is 138 Å². The van der Waals surface area contributed by atoms with Crippen LogP contribution in [0.2, 0.25) is 0 Å². The summed E-state index contributed by atoms with van der Waals surface area (Å²) in [5.74, 6) is -0.515. The molecule has 0 bridgehead atoms. The van der Waals surface area contributed by atoms with Crippen molar-refractivity contribution in [2.75, 3.05) is 5.32 Å². The van der Waals surface area contributed by atoms with Crippen LogP contribution in [0.4, 0.5) is 10.1 Å². The normalized spacial score (nSPS) is 10.8. The quantitative estimate of drug-likeness (QED) is 0.784. The molecule has 0 saturated carbocycles. The largest absolute Gasteiger partial charge is 0.319 e. The fourth-order valence-corrected chi connectivity index (χ4v) is 2.50. The van der Waals surface area contributed by atoms with Crippen LogP contribution in [0.1, 0.15) is 28.5 Å². The van der Waals surface area contributed by atoms with E-state index in [1.54, 1.807) is 46.2 Å². The Hall–Kier alpha value is -2.96. The van der Waals surface area contributed by atoms with Crippen LogP contribution in [0, 0.1) is 12.7 Å². The second kappa shape index (κ2) is 6.66. The van der Waals surface area contributed by atoms with Crippen molar-refractivity contribution < 1.29 is 9.18 Å². The molecule has 3 aromatic rings. The van der Waals surface area contributed by atoms with Crippen LogP contribution in [0.3, 0.4) is 0 Å². The van der Waals surface area contributed by atoms with E-state index in [0.29, 0.717) is 29.9 Å². The number of aromatic nitrogens is 4. The van der Waals surface area contributed by atoms with Gasteiger partial charge in [-0.3, -0.25) is 14.2 Å². The van der Waals surface area contributed by atoms with Gasteiger partial charge in [0.25, 0.3) is 5.91 Å². The molecule has 3 rings (SSSR count). The number of nitrogens with one attached hydrogen (secondary N) is 1. The molecule has 0 aliphatic heterocycles. The Balaban J connectivity index is 1.71. The third-order valence-electron chi connectivity index (χ3n) is 3.83. The van der Waals surface area contributed by atoms with Crippen molar-refractivity contribution >= 4 is 11.6 Å². The third-order valence-corrected chi connectivity index (χ3v) is 3.83. The number of benzene rings is 1. The molecule has 0 atom stereocenters. The first-order valence-corrected chi connectivity index (χ1v) is 7.68. The Morgan fingerprint density at radius 2 is 2.04 bits per heavy atom. The first-order valence-electron chi connectivity index (χ1n) is 7.68. The number of anilines is 1. The average molecular weight is 327 g/mol. The maximum atomic E-state index is 13.7. The van der Waals surface area contributed by atoms with E-state index in [0.717, 1.165) is 5.69 Å². The fourth-order valence-electron chi connectivity index (χ4n) is 2.50. The molecule has 7 heteroatoms. The summed E-state index contributed by atoms with van der Waals surface area (Å²) in [6.45, 7) is 4.83. The number of aryl methyl sites for hydroxylation is 1. The zero-order valence-electron chi connectivity index (χ0n) is 13.5. The second-order valence-corrected chi connectivity index (χ2v) is 5.43. The minimum absolute atomic E-state index is 0.238. The van der Waals surface area contributed by atoms with Crippen molar-refractivity contribution in [3.63, 3.8) is 0 Å². The van der Waals surface area contributed by atoms with Gasteiger partial charge in [-0.05, 0) is 19.9 Å². The SMILES string of the molecule is CCn1ncc(C(=O)Nc2cnn(Cc3ccccc3F)c2)c1C. The highest BCUT2D eigenvalue weighted by Gasteiger charge is 2.14. The summed E-state index contributed by atoms with van der Waals surface area (Å²) in [5.41, 5.74) is 2.44. The molecule has 0 radical (unpaired) electrons. The molecule has 0 unspecified atom stereocenters. The van der Waals surface area contributed by atoms with Gasteiger partial charge >= 0.3 is 0 Å². The first kappa shape index (κ1) is 15.9. The van der Waals surface area contributed by atoms with Crippen LogP contribution in [-0.2, 0) is 13.1 Å². The molecule has 6 nitrogen and oxygen atoms in total. The Kier molecular flexibility index (Phi) is 4.41. The molecule has 0 spiro atoms. The van der Waals surface area contributed by atoms with E-state index in [1.165, 1.54) is 6.07 Å². The number of carbonyl (C=O) groups excluding carboxylic acids is 1. The van der Waals surface area contributed by atoms with Gasteiger partial charge < -0.3 is 5.32 Å². The molecular weight excluding hydrogens is 309 g/mol. The Bertz CT molecular complexity index is 868. The molecule has 1 N–H and O–H groups in total. The molecular formula is C17H18FN5O. The number of hydrogen-bond acceptors (Lipinski definition) is 3. The third kappa shape index (κ3) is 3.19. The molecule has 2 aromatic heterocycles. The minimum Gasteiger partial charge on any atom is -0.319 e. The van der Waals surface area contributed by atoms with Crippen molar-refractivity contribution in [2.24, 2.45) is 0 Å². The van der Waals surface area contributed by atoms with E-state index in [9.17, 15) is 9.18 Å². The van der Waals surface area contributed by atoms with Crippen molar-refractivity contribution in [1.29, 1.82) is 0 Å². The van der Waals surface area contributed by atoms with E-state index in [-0.39, 0.29) is 11.7 Å². The van der Waals surface area contributed by atoms with Crippen LogP contribution in [0.5, 0.6) is 0 Å². The van der Waals surface area contributed by atoms with E-state index in [4.69, 9.17) is 0 Å². The maximum Gasteiger partial charge on any atom is 0.259 e. The molecule has 1 amide bonds. The number of hydrogen-bond donors (Lipinski definition) is 1. The van der Waals surface area contributed by atoms with Gasteiger partial charge in [-0.15, -0.1) is 0 Å². The van der Waals surface area contributed by atoms with Gasteiger partial charge in [0, 0.05) is 24.0 Å². The number of nitrogens with zero attached hydrogens (tertiary/aromatic N) is 4. The number of halogens is 1. The standard InChI is InChI=1S/C17H18FN5O/c1-3-23-12(2)15(9-20-23)17(24)21-14-8-19-22(11-14)10-13-6-4-5-7-16(13)18/h4-9,11H,3,10H2,1-2H3,(H,21,24). The first-order chi connectivity index (χ1) is 11.6. The lowest BCUT2D eigenvalue weighted by Gasteiger charge is -2.04. The summed E-state index contributed by atoms with van der Waals surface area (Å²) < 4.78 is 17.0. The highest BCUT2D eigenvalue weighted by Crippen LogP contribution is 2.13. The molecule has 1 aromatic carbocycles. The van der Waals surface area contributed by atoms with Crippen LogP contribution in [0.15, 0.2) is 42.9 Å². The van der Waals surface area contributed by atoms with E-state index in [1.807, 2.05) is 13.8 Å².